The maximum absolute atomic E-state index is 13.4. The average Bonchev–Trinajstić information content (AvgIpc) is 2.52. The number of hydrogen-bond acceptors (Lipinski definition) is 3. The zero-order chi connectivity index (χ0) is 18.7. The Morgan fingerprint density at radius 2 is 1.40 bits per heavy atom. The van der Waals surface area contributed by atoms with Crippen molar-refractivity contribution in [1.82, 2.24) is 13.7 Å². The van der Waals surface area contributed by atoms with Crippen LogP contribution in [-0.4, -0.2) is 13.7 Å². The summed E-state index contributed by atoms with van der Waals surface area (Å²) in [5.41, 5.74) is -0.576. The molecule has 0 aliphatic rings. The lowest BCUT2D eigenvalue weighted by molar-refractivity contribution is 0.488. The van der Waals surface area contributed by atoms with E-state index in [1.807, 2.05) is 0 Å². The SMILES string of the molecule is C=C(C)Cn1c(=O)n(CC(=C)C)c(=O)n(Cc2cccc(F)c2)c1=O. The molecule has 2 rings (SSSR count). The number of halogens is 1. The summed E-state index contributed by atoms with van der Waals surface area (Å²) in [6.07, 6.45) is 0. The number of rotatable bonds is 6. The molecule has 0 N–H and O–H groups in total. The minimum absolute atomic E-state index is 0.00269. The first-order valence-corrected chi connectivity index (χ1v) is 7.68. The summed E-state index contributed by atoms with van der Waals surface area (Å²) < 4.78 is 16.2. The second-order valence-electron chi connectivity index (χ2n) is 6.15. The zero-order valence-electron chi connectivity index (χ0n) is 14.3. The molecule has 0 saturated heterocycles. The van der Waals surface area contributed by atoms with Gasteiger partial charge in [0.05, 0.1) is 19.6 Å². The van der Waals surface area contributed by atoms with Crippen molar-refractivity contribution >= 4 is 0 Å². The molecular formula is C18H20FN3O3. The number of nitrogens with zero attached hydrogens (tertiary/aromatic N) is 3. The van der Waals surface area contributed by atoms with Gasteiger partial charge in [-0.05, 0) is 31.5 Å². The van der Waals surface area contributed by atoms with Gasteiger partial charge in [-0.15, -0.1) is 0 Å². The van der Waals surface area contributed by atoms with Gasteiger partial charge in [-0.2, -0.15) is 0 Å². The van der Waals surface area contributed by atoms with Gasteiger partial charge in [-0.3, -0.25) is 0 Å². The van der Waals surface area contributed by atoms with Crippen LogP contribution in [0.2, 0.25) is 0 Å². The lowest BCUT2D eigenvalue weighted by atomic mass is 10.2. The normalized spacial score (nSPS) is 10.7. The lowest BCUT2D eigenvalue weighted by Gasteiger charge is -2.14. The Labute approximate surface area is 143 Å². The molecule has 0 aliphatic carbocycles. The zero-order valence-corrected chi connectivity index (χ0v) is 14.3. The van der Waals surface area contributed by atoms with Gasteiger partial charge in [0.25, 0.3) is 0 Å². The summed E-state index contributed by atoms with van der Waals surface area (Å²) in [5, 5.41) is 0. The molecular weight excluding hydrogens is 325 g/mol. The van der Waals surface area contributed by atoms with Crippen LogP contribution in [-0.2, 0) is 19.6 Å². The Hall–Kier alpha value is -2.96. The highest BCUT2D eigenvalue weighted by atomic mass is 19.1. The molecule has 0 spiro atoms. The molecule has 0 unspecified atom stereocenters. The summed E-state index contributed by atoms with van der Waals surface area (Å²) in [6, 6.07) is 5.61. The summed E-state index contributed by atoms with van der Waals surface area (Å²) in [5.74, 6) is -0.469. The molecule has 2 aromatic rings. The van der Waals surface area contributed by atoms with Crippen LogP contribution in [0.25, 0.3) is 0 Å². The van der Waals surface area contributed by atoms with Gasteiger partial charge >= 0.3 is 17.1 Å². The van der Waals surface area contributed by atoms with E-state index in [2.05, 4.69) is 13.2 Å². The maximum Gasteiger partial charge on any atom is 0.336 e. The van der Waals surface area contributed by atoms with Crippen molar-refractivity contribution in [2.75, 3.05) is 0 Å². The van der Waals surface area contributed by atoms with Crippen molar-refractivity contribution in [3.8, 4) is 0 Å². The first kappa shape index (κ1) is 18.4. The fourth-order valence-corrected chi connectivity index (χ4v) is 2.45. The van der Waals surface area contributed by atoms with Crippen LogP contribution in [0.3, 0.4) is 0 Å². The minimum atomic E-state index is -0.750. The monoisotopic (exact) mass is 345 g/mol. The van der Waals surface area contributed by atoms with Gasteiger partial charge < -0.3 is 0 Å². The molecule has 0 amide bonds. The molecule has 7 heteroatoms. The Balaban J connectivity index is 2.71. The van der Waals surface area contributed by atoms with E-state index in [0.29, 0.717) is 16.7 Å². The highest BCUT2D eigenvalue weighted by molar-refractivity contribution is 5.16. The number of benzene rings is 1. The fourth-order valence-electron chi connectivity index (χ4n) is 2.45. The van der Waals surface area contributed by atoms with Crippen LogP contribution in [0.4, 0.5) is 4.39 Å². The van der Waals surface area contributed by atoms with Gasteiger partial charge in [-0.25, -0.2) is 32.5 Å². The molecule has 132 valence electrons. The standard InChI is InChI=1S/C18H20FN3O3/c1-12(2)9-20-16(23)21(10-13(3)4)18(25)22(17(20)24)11-14-6-5-7-15(19)8-14/h5-8H,1,3,9-11H2,2,4H3. The third-order valence-corrected chi connectivity index (χ3v) is 3.47. The first-order chi connectivity index (χ1) is 11.7. The minimum Gasteiger partial charge on any atom is -0.247 e. The third kappa shape index (κ3) is 4.12. The Bertz CT molecular complexity index is 957. The molecule has 0 radical (unpaired) electrons. The highest BCUT2D eigenvalue weighted by Gasteiger charge is 2.16. The lowest BCUT2D eigenvalue weighted by Crippen LogP contribution is -2.54. The van der Waals surface area contributed by atoms with E-state index >= 15 is 0 Å². The Morgan fingerprint density at radius 1 is 0.920 bits per heavy atom. The van der Waals surface area contributed by atoms with Crippen molar-refractivity contribution in [1.29, 1.82) is 0 Å². The number of allylic oxidation sites excluding steroid dienone is 2. The van der Waals surface area contributed by atoms with E-state index in [9.17, 15) is 18.8 Å². The molecule has 0 atom stereocenters. The summed E-state index contributed by atoms with van der Waals surface area (Å²) in [4.78, 5) is 37.8. The van der Waals surface area contributed by atoms with E-state index in [4.69, 9.17) is 0 Å². The Morgan fingerprint density at radius 3 is 1.84 bits per heavy atom. The summed E-state index contributed by atoms with van der Waals surface area (Å²) in [6.45, 7) is 10.6. The molecule has 0 aliphatic heterocycles. The topological polar surface area (TPSA) is 66.0 Å². The van der Waals surface area contributed by atoms with Crippen molar-refractivity contribution < 1.29 is 4.39 Å². The number of aromatic nitrogens is 3. The molecule has 0 saturated carbocycles. The molecule has 1 heterocycles. The summed E-state index contributed by atoms with van der Waals surface area (Å²) >= 11 is 0. The second-order valence-corrected chi connectivity index (χ2v) is 6.15. The quantitative estimate of drug-likeness (QED) is 0.746. The molecule has 1 aromatic heterocycles. The van der Waals surface area contributed by atoms with Crippen LogP contribution in [0, 0.1) is 5.82 Å². The fraction of sp³-hybridized carbons (Fsp3) is 0.278. The number of hydrogen-bond donors (Lipinski definition) is 0. The average molecular weight is 345 g/mol. The van der Waals surface area contributed by atoms with Crippen LogP contribution in [0.5, 0.6) is 0 Å². The predicted octanol–water partition coefficient (Wildman–Crippen LogP) is 1.51. The van der Waals surface area contributed by atoms with Crippen molar-refractivity contribution in [3.63, 3.8) is 0 Å². The highest BCUT2D eigenvalue weighted by Crippen LogP contribution is 2.04. The van der Waals surface area contributed by atoms with Crippen molar-refractivity contribution in [2.45, 2.75) is 33.5 Å². The van der Waals surface area contributed by atoms with Crippen LogP contribution in [0.15, 0.2) is 63.0 Å². The van der Waals surface area contributed by atoms with Crippen molar-refractivity contribution in [2.24, 2.45) is 0 Å². The van der Waals surface area contributed by atoms with E-state index in [1.54, 1.807) is 19.9 Å². The van der Waals surface area contributed by atoms with E-state index < -0.39 is 22.9 Å². The summed E-state index contributed by atoms with van der Waals surface area (Å²) in [7, 11) is 0. The molecule has 1 aromatic carbocycles. The third-order valence-electron chi connectivity index (χ3n) is 3.47. The predicted molar refractivity (Wildman–Crippen MR) is 94.4 cm³/mol. The molecule has 0 bridgehead atoms. The smallest absolute Gasteiger partial charge is 0.247 e. The molecule has 0 fully saturated rings. The van der Waals surface area contributed by atoms with Crippen LogP contribution >= 0.6 is 0 Å². The van der Waals surface area contributed by atoms with Crippen molar-refractivity contribution in [3.05, 3.63) is 91.4 Å². The van der Waals surface area contributed by atoms with Crippen LogP contribution < -0.4 is 17.1 Å². The van der Waals surface area contributed by atoms with E-state index in [0.717, 1.165) is 13.7 Å². The first-order valence-electron chi connectivity index (χ1n) is 7.68. The van der Waals surface area contributed by atoms with E-state index in [-0.39, 0.29) is 19.6 Å². The second kappa shape index (κ2) is 7.29. The largest absolute Gasteiger partial charge is 0.336 e. The van der Waals surface area contributed by atoms with E-state index in [1.165, 1.54) is 18.2 Å². The maximum atomic E-state index is 13.4. The van der Waals surface area contributed by atoms with Gasteiger partial charge in [0.15, 0.2) is 0 Å². The molecule has 25 heavy (non-hydrogen) atoms. The molecule has 6 nitrogen and oxygen atoms in total. The van der Waals surface area contributed by atoms with Gasteiger partial charge in [0.1, 0.15) is 5.82 Å². The van der Waals surface area contributed by atoms with Crippen LogP contribution in [0.1, 0.15) is 19.4 Å². The van der Waals surface area contributed by atoms with Gasteiger partial charge in [-0.1, -0.05) is 36.4 Å². The van der Waals surface area contributed by atoms with Gasteiger partial charge in [0, 0.05) is 0 Å². The van der Waals surface area contributed by atoms with Gasteiger partial charge in [0.2, 0.25) is 0 Å². The Kier molecular flexibility index (Phi) is 5.36.